The zero-order chi connectivity index (χ0) is 14.9. The van der Waals surface area contributed by atoms with Gasteiger partial charge in [0.15, 0.2) is 0 Å². The van der Waals surface area contributed by atoms with Crippen molar-refractivity contribution in [1.29, 1.82) is 0 Å². The van der Waals surface area contributed by atoms with Crippen LogP contribution in [0.25, 0.3) is 0 Å². The summed E-state index contributed by atoms with van der Waals surface area (Å²) < 4.78 is 6.17. The Morgan fingerprint density at radius 3 is 2.50 bits per heavy atom. The van der Waals surface area contributed by atoms with E-state index in [1.807, 2.05) is 0 Å². The number of benzene rings is 1. The zero-order valence-corrected chi connectivity index (χ0v) is 13.4. The second kappa shape index (κ2) is 6.04. The number of ether oxygens (including phenoxy) is 1. The van der Waals surface area contributed by atoms with E-state index < -0.39 is 0 Å². The molecule has 0 spiro atoms. The molecule has 1 aliphatic rings. The molecule has 112 valence electrons. The molecule has 0 fully saturated rings. The van der Waals surface area contributed by atoms with Gasteiger partial charge >= 0.3 is 0 Å². The zero-order valence-electron chi connectivity index (χ0n) is 13.4. The van der Waals surface area contributed by atoms with Crippen molar-refractivity contribution in [2.24, 2.45) is 11.7 Å². The summed E-state index contributed by atoms with van der Waals surface area (Å²) in [5.74, 6) is 2.03. The van der Waals surface area contributed by atoms with Crippen molar-refractivity contribution in [1.82, 2.24) is 0 Å². The molecule has 1 heterocycles. The fraction of sp³-hybridized carbons (Fsp3) is 0.647. The van der Waals surface area contributed by atoms with Crippen LogP contribution in [-0.2, 0) is 0 Å². The predicted octanol–water partition coefficient (Wildman–Crippen LogP) is 3.38. The molecule has 2 unspecified atom stereocenters. The molecule has 2 rings (SSSR count). The molecule has 0 aliphatic carbocycles. The first kappa shape index (κ1) is 15.2. The maximum absolute atomic E-state index is 6.17. The summed E-state index contributed by atoms with van der Waals surface area (Å²) in [6.07, 6.45) is 0.237. The quantitative estimate of drug-likeness (QED) is 0.916. The number of anilines is 1. The molecule has 0 bridgehead atoms. The first-order chi connectivity index (χ1) is 9.43. The second-order valence-electron chi connectivity index (χ2n) is 6.52. The molecule has 0 saturated heterocycles. The highest BCUT2D eigenvalue weighted by Gasteiger charge is 2.30. The lowest BCUT2D eigenvalue weighted by molar-refractivity contribution is 0.143. The number of nitrogens with zero attached hydrogens (tertiary/aromatic N) is 1. The molecule has 0 amide bonds. The maximum atomic E-state index is 6.17. The molecular weight excluding hydrogens is 248 g/mol. The van der Waals surface area contributed by atoms with E-state index >= 15 is 0 Å². The lowest BCUT2D eigenvalue weighted by Crippen LogP contribution is -2.49. The lowest BCUT2D eigenvalue weighted by atomic mass is 9.98. The molecule has 2 N–H and O–H groups in total. The van der Waals surface area contributed by atoms with Crippen molar-refractivity contribution in [3.63, 3.8) is 0 Å². The predicted molar refractivity (Wildman–Crippen MR) is 85.6 cm³/mol. The monoisotopic (exact) mass is 276 g/mol. The Kier molecular flexibility index (Phi) is 4.59. The Balaban J connectivity index is 2.40. The molecule has 1 aromatic carbocycles. The van der Waals surface area contributed by atoms with Crippen LogP contribution in [0.15, 0.2) is 18.2 Å². The van der Waals surface area contributed by atoms with E-state index in [1.54, 1.807) is 0 Å². The van der Waals surface area contributed by atoms with Crippen LogP contribution in [0.3, 0.4) is 0 Å². The summed E-state index contributed by atoms with van der Waals surface area (Å²) in [6, 6.07) is 6.90. The van der Waals surface area contributed by atoms with Gasteiger partial charge in [-0.15, -0.1) is 0 Å². The van der Waals surface area contributed by atoms with Crippen LogP contribution in [-0.4, -0.2) is 25.2 Å². The van der Waals surface area contributed by atoms with Crippen molar-refractivity contribution in [2.75, 3.05) is 18.0 Å². The third-order valence-corrected chi connectivity index (χ3v) is 4.23. The Morgan fingerprint density at radius 1 is 1.25 bits per heavy atom. The van der Waals surface area contributed by atoms with Gasteiger partial charge < -0.3 is 15.4 Å². The maximum Gasteiger partial charge on any atom is 0.143 e. The largest absolute Gasteiger partial charge is 0.486 e. The SMILES string of the molecule is CC(C)c1ccc2c(c1)N(C(C)CN)CC(C(C)C)O2. The standard InChI is InChI=1S/C17H28N2O/c1-11(2)14-6-7-16-15(8-14)19(13(5)9-18)10-17(20-16)12(3)4/h6-8,11-13,17H,9-10,18H2,1-5H3. The first-order valence-corrected chi connectivity index (χ1v) is 7.71. The van der Waals surface area contributed by atoms with E-state index in [-0.39, 0.29) is 6.10 Å². The number of nitrogens with two attached hydrogens (primary N) is 1. The van der Waals surface area contributed by atoms with Gasteiger partial charge in [0.25, 0.3) is 0 Å². The van der Waals surface area contributed by atoms with Gasteiger partial charge in [-0.2, -0.15) is 0 Å². The van der Waals surface area contributed by atoms with Crippen LogP contribution < -0.4 is 15.4 Å². The summed E-state index contributed by atoms with van der Waals surface area (Å²) in [6.45, 7) is 12.6. The van der Waals surface area contributed by atoms with Crippen LogP contribution in [0.1, 0.15) is 46.1 Å². The molecule has 2 atom stereocenters. The smallest absolute Gasteiger partial charge is 0.143 e. The Hall–Kier alpha value is -1.22. The van der Waals surface area contributed by atoms with Crippen molar-refractivity contribution >= 4 is 5.69 Å². The normalized spacial score (nSPS) is 20.0. The molecule has 20 heavy (non-hydrogen) atoms. The van der Waals surface area contributed by atoms with Crippen LogP contribution in [0.4, 0.5) is 5.69 Å². The highest BCUT2D eigenvalue weighted by atomic mass is 16.5. The molecule has 0 radical (unpaired) electrons. The fourth-order valence-electron chi connectivity index (χ4n) is 2.60. The Bertz CT molecular complexity index is 456. The van der Waals surface area contributed by atoms with Gasteiger partial charge in [-0.05, 0) is 36.5 Å². The van der Waals surface area contributed by atoms with E-state index in [4.69, 9.17) is 10.5 Å². The van der Waals surface area contributed by atoms with Crippen molar-refractivity contribution in [3.05, 3.63) is 23.8 Å². The fourth-order valence-corrected chi connectivity index (χ4v) is 2.60. The van der Waals surface area contributed by atoms with Gasteiger partial charge in [0, 0.05) is 12.6 Å². The van der Waals surface area contributed by atoms with Crippen LogP contribution in [0.2, 0.25) is 0 Å². The Morgan fingerprint density at radius 2 is 1.95 bits per heavy atom. The summed E-state index contributed by atoms with van der Waals surface area (Å²) in [5, 5.41) is 0. The molecule has 3 nitrogen and oxygen atoms in total. The Labute approximate surface area is 123 Å². The summed E-state index contributed by atoms with van der Waals surface area (Å²) in [4.78, 5) is 2.41. The molecule has 1 aromatic rings. The second-order valence-corrected chi connectivity index (χ2v) is 6.52. The van der Waals surface area contributed by atoms with Gasteiger partial charge in [-0.3, -0.25) is 0 Å². The minimum Gasteiger partial charge on any atom is -0.486 e. The minimum atomic E-state index is 0.237. The number of hydrogen-bond acceptors (Lipinski definition) is 3. The third kappa shape index (κ3) is 2.93. The number of hydrogen-bond donors (Lipinski definition) is 1. The molecule has 0 aromatic heterocycles. The average molecular weight is 276 g/mol. The molecule has 1 aliphatic heterocycles. The first-order valence-electron chi connectivity index (χ1n) is 7.71. The summed E-state index contributed by atoms with van der Waals surface area (Å²) in [7, 11) is 0. The van der Waals surface area contributed by atoms with Crippen LogP contribution >= 0.6 is 0 Å². The van der Waals surface area contributed by atoms with Crippen molar-refractivity contribution in [2.45, 2.75) is 52.7 Å². The van der Waals surface area contributed by atoms with Crippen molar-refractivity contribution < 1.29 is 4.74 Å². The van der Waals surface area contributed by atoms with Gasteiger partial charge in [-0.1, -0.05) is 33.8 Å². The topological polar surface area (TPSA) is 38.5 Å². The van der Waals surface area contributed by atoms with Gasteiger partial charge in [0.05, 0.1) is 12.2 Å². The highest BCUT2D eigenvalue weighted by Crippen LogP contribution is 2.38. The third-order valence-electron chi connectivity index (χ3n) is 4.23. The highest BCUT2D eigenvalue weighted by molar-refractivity contribution is 5.62. The van der Waals surface area contributed by atoms with E-state index in [2.05, 4.69) is 57.7 Å². The van der Waals surface area contributed by atoms with Gasteiger partial charge in [0.1, 0.15) is 11.9 Å². The van der Waals surface area contributed by atoms with E-state index in [0.717, 1.165) is 12.3 Å². The molecule has 3 heteroatoms. The van der Waals surface area contributed by atoms with Crippen molar-refractivity contribution in [3.8, 4) is 5.75 Å². The van der Waals surface area contributed by atoms with Gasteiger partial charge in [-0.25, -0.2) is 0 Å². The molecule has 0 saturated carbocycles. The lowest BCUT2D eigenvalue weighted by Gasteiger charge is -2.41. The number of rotatable bonds is 4. The van der Waals surface area contributed by atoms with Crippen LogP contribution in [0.5, 0.6) is 5.75 Å². The number of fused-ring (bicyclic) bond motifs is 1. The summed E-state index contributed by atoms with van der Waals surface area (Å²) in [5.41, 5.74) is 8.45. The van der Waals surface area contributed by atoms with Gasteiger partial charge in [0.2, 0.25) is 0 Å². The van der Waals surface area contributed by atoms with E-state index in [0.29, 0.717) is 24.4 Å². The van der Waals surface area contributed by atoms with Crippen LogP contribution in [0, 0.1) is 5.92 Å². The average Bonchev–Trinajstić information content (AvgIpc) is 2.44. The van der Waals surface area contributed by atoms with E-state index in [9.17, 15) is 0 Å². The summed E-state index contributed by atoms with van der Waals surface area (Å²) >= 11 is 0. The minimum absolute atomic E-state index is 0.237. The van der Waals surface area contributed by atoms with E-state index in [1.165, 1.54) is 11.3 Å². The molecular formula is C17H28N2O.